The van der Waals surface area contributed by atoms with E-state index in [-0.39, 0.29) is 5.97 Å². The normalized spacial score (nSPS) is 20.4. The maximum absolute atomic E-state index is 11.3. The van der Waals surface area contributed by atoms with Gasteiger partial charge in [0.2, 0.25) is 0 Å². The first kappa shape index (κ1) is 11.1. The summed E-state index contributed by atoms with van der Waals surface area (Å²) in [6.45, 7) is 2.16. The van der Waals surface area contributed by atoms with E-state index in [1.54, 1.807) is 0 Å². The van der Waals surface area contributed by atoms with Crippen LogP contribution in [-0.2, 0) is 4.74 Å². The van der Waals surface area contributed by atoms with Crippen molar-refractivity contribution >= 4 is 5.97 Å². The van der Waals surface area contributed by atoms with Gasteiger partial charge in [-0.3, -0.25) is 0 Å². The van der Waals surface area contributed by atoms with Crippen LogP contribution in [0.2, 0.25) is 0 Å². The molecule has 0 aliphatic carbocycles. The first-order chi connectivity index (χ1) is 7.81. The average Bonchev–Trinajstić information content (AvgIpc) is 2.39. The molecule has 1 aromatic carbocycles. The number of piperidine rings is 1. The minimum Gasteiger partial charge on any atom is -0.465 e. The van der Waals surface area contributed by atoms with E-state index in [9.17, 15) is 4.79 Å². The summed E-state index contributed by atoms with van der Waals surface area (Å²) in [6.07, 6.45) is 2.45. The van der Waals surface area contributed by atoms with E-state index in [1.807, 2.05) is 24.3 Å². The zero-order valence-corrected chi connectivity index (χ0v) is 9.53. The molecular formula is C13H17NO2. The van der Waals surface area contributed by atoms with Gasteiger partial charge in [-0.2, -0.15) is 0 Å². The number of nitrogens with one attached hydrogen (secondary N) is 1. The molecule has 2 rings (SSSR count). The first-order valence-corrected chi connectivity index (χ1v) is 5.70. The summed E-state index contributed by atoms with van der Waals surface area (Å²) < 4.78 is 4.67. The van der Waals surface area contributed by atoms with Crippen LogP contribution in [0.5, 0.6) is 0 Å². The van der Waals surface area contributed by atoms with Gasteiger partial charge in [0.25, 0.3) is 0 Å². The summed E-state index contributed by atoms with van der Waals surface area (Å²) in [4.78, 5) is 11.3. The number of carbonyl (C=O) groups excluding carboxylic acids is 1. The molecule has 16 heavy (non-hydrogen) atoms. The molecule has 1 aliphatic heterocycles. The van der Waals surface area contributed by atoms with Crippen molar-refractivity contribution in [1.82, 2.24) is 5.32 Å². The minimum atomic E-state index is -0.270. The molecule has 1 unspecified atom stereocenters. The molecular weight excluding hydrogens is 202 g/mol. The van der Waals surface area contributed by atoms with Crippen molar-refractivity contribution in [3.05, 3.63) is 35.4 Å². The highest BCUT2D eigenvalue weighted by molar-refractivity contribution is 5.89. The van der Waals surface area contributed by atoms with Crippen molar-refractivity contribution < 1.29 is 9.53 Å². The third-order valence-corrected chi connectivity index (χ3v) is 3.10. The Morgan fingerprint density at radius 2 is 2.12 bits per heavy atom. The Kier molecular flexibility index (Phi) is 3.57. The lowest BCUT2D eigenvalue weighted by molar-refractivity contribution is 0.0600. The van der Waals surface area contributed by atoms with Crippen molar-refractivity contribution in [2.24, 2.45) is 0 Å². The van der Waals surface area contributed by atoms with Gasteiger partial charge in [0.05, 0.1) is 12.7 Å². The predicted molar refractivity (Wildman–Crippen MR) is 62.6 cm³/mol. The Morgan fingerprint density at radius 3 is 2.69 bits per heavy atom. The zero-order chi connectivity index (χ0) is 11.4. The van der Waals surface area contributed by atoms with Crippen molar-refractivity contribution in [2.45, 2.75) is 18.8 Å². The molecule has 0 radical (unpaired) electrons. The number of hydrogen-bond acceptors (Lipinski definition) is 3. The minimum absolute atomic E-state index is 0.270. The van der Waals surface area contributed by atoms with E-state index in [0.29, 0.717) is 11.5 Å². The second kappa shape index (κ2) is 5.12. The van der Waals surface area contributed by atoms with Gasteiger partial charge in [0.1, 0.15) is 0 Å². The Bertz CT molecular complexity index is 353. The largest absolute Gasteiger partial charge is 0.465 e. The van der Waals surface area contributed by atoms with E-state index >= 15 is 0 Å². The summed E-state index contributed by atoms with van der Waals surface area (Å²) in [5.74, 6) is 0.314. The van der Waals surface area contributed by atoms with Gasteiger partial charge in [0, 0.05) is 6.54 Å². The van der Waals surface area contributed by atoms with E-state index in [1.165, 1.54) is 25.5 Å². The molecule has 3 heteroatoms. The summed E-state index contributed by atoms with van der Waals surface area (Å²) in [6, 6.07) is 7.75. The van der Waals surface area contributed by atoms with Crippen molar-refractivity contribution in [3.63, 3.8) is 0 Å². The number of carbonyl (C=O) groups is 1. The zero-order valence-electron chi connectivity index (χ0n) is 9.53. The van der Waals surface area contributed by atoms with Crippen LogP contribution in [0.1, 0.15) is 34.7 Å². The fraction of sp³-hybridized carbons (Fsp3) is 0.462. The van der Waals surface area contributed by atoms with Crippen LogP contribution >= 0.6 is 0 Å². The molecule has 1 aliphatic rings. The molecule has 0 spiro atoms. The monoisotopic (exact) mass is 219 g/mol. The molecule has 1 heterocycles. The van der Waals surface area contributed by atoms with Crippen LogP contribution in [0, 0.1) is 0 Å². The van der Waals surface area contributed by atoms with Crippen LogP contribution in [-0.4, -0.2) is 26.2 Å². The van der Waals surface area contributed by atoms with Crippen molar-refractivity contribution in [1.29, 1.82) is 0 Å². The van der Waals surface area contributed by atoms with Gasteiger partial charge in [0.15, 0.2) is 0 Å². The third-order valence-electron chi connectivity index (χ3n) is 3.10. The molecule has 0 amide bonds. The van der Waals surface area contributed by atoms with Crippen LogP contribution in [0.4, 0.5) is 0 Å². The summed E-state index contributed by atoms with van der Waals surface area (Å²) in [5, 5.41) is 3.39. The van der Waals surface area contributed by atoms with Crippen molar-refractivity contribution in [2.75, 3.05) is 20.2 Å². The molecule has 1 saturated heterocycles. The predicted octanol–water partition coefficient (Wildman–Crippen LogP) is 1.94. The van der Waals surface area contributed by atoms with Gasteiger partial charge < -0.3 is 10.1 Å². The molecule has 0 aromatic heterocycles. The topological polar surface area (TPSA) is 38.3 Å². The maximum atomic E-state index is 11.3. The smallest absolute Gasteiger partial charge is 0.337 e. The van der Waals surface area contributed by atoms with Crippen LogP contribution in [0.3, 0.4) is 0 Å². The average molecular weight is 219 g/mol. The Hall–Kier alpha value is -1.35. The number of esters is 1. The summed E-state index contributed by atoms with van der Waals surface area (Å²) in [5.41, 5.74) is 1.93. The second-order valence-electron chi connectivity index (χ2n) is 4.16. The van der Waals surface area contributed by atoms with E-state index in [2.05, 4.69) is 10.1 Å². The van der Waals surface area contributed by atoms with Crippen molar-refractivity contribution in [3.8, 4) is 0 Å². The standard InChI is InChI=1S/C13H17NO2/c1-16-13(15)11-6-4-10(5-7-11)12-3-2-8-14-9-12/h4-7,12,14H,2-3,8-9H2,1H3. The van der Waals surface area contributed by atoms with Crippen LogP contribution < -0.4 is 5.32 Å². The first-order valence-electron chi connectivity index (χ1n) is 5.70. The van der Waals surface area contributed by atoms with E-state index in [4.69, 9.17) is 0 Å². The number of benzene rings is 1. The SMILES string of the molecule is COC(=O)c1ccc(C2CCCNC2)cc1. The number of hydrogen-bond donors (Lipinski definition) is 1. The van der Waals surface area contributed by atoms with Gasteiger partial charge in [-0.25, -0.2) is 4.79 Å². The van der Waals surface area contributed by atoms with Gasteiger partial charge in [-0.1, -0.05) is 12.1 Å². The second-order valence-corrected chi connectivity index (χ2v) is 4.16. The highest BCUT2D eigenvalue weighted by atomic mass is 16.5. The Morgan fingerprint density at radius 1 is 1.38 bits per heavy atom. The van der Waals surface area contributed by atoms with Gasteiger partial charge in [-0.15, -0.1) is 0 Å². The van der Waals surface area contributed by atoms with Gasteiger partial charge >= 0.3 is 5.97 Å². The lowest BCUT2D eigenvalue weighted by Crippen LogP contribution is -2.28. The molecule has 86 valence electrons. The number of methoxy groups -OCH3 is 1. The summed E-state index contributed by atoms with van der Waals surface area (Å²) in [7, 11) is 1.40. The lowest BCUT2D eigenvalue weighted by atomic mass is 9.91. The van der Waals surface area contributed by atoms with E-state index in [0.717, 1.165) is 13.1 Å². The summed E-state index contributed by atoms with van der Waals surface area (Å²) >= 11 is 0. The molecule has 1 N–H and O–H groups in total. The Balaban J connectivity index is 2.09. The van der Waals surface area contributed by atoms with Crippen LogP contribution in [0.25, 0.3) is 0 Å². The highest BCUT2D eigenvalue weighted by Crippen LogP contribution is 2.23. The Labute approximate surface area is 95.8 Å². The number of ether oxygens (including phenoxy) is 1. The quantitative estimate of drug-likeness (QED) is 0.772. The maximum Gasteiger partial charge on any atom is 0.337 e. The van der Waals surface area contributed by atoms with E-state index < -0.39 is 0 Å². The molecule has 1 fully saturated rings. The molecule has 3 nitrogen and oxygen atoms in total. The fourth-order valence-corrected chi connectivity index (χ4v) is 2.15. The van der Waals surface area contributed by atoms with Gasteiger partial charge in [-0.05, 0) is 43.0 Å². The molecule has 0 saturated carbocycles. The third kappa shape index (κ3) is 2.42. The molecule has 1 aromatic rings. The molecule has 0 bridgehead atoms. The molecule has 1 atom stereocenters. The highest BCUT2D eigenvalue weighted by Gasteiger charge is 2.15. The lowest BCUT2D eigenvalue weighted by Gasteiger charge is -2.23. The van der Waals surface area contributed by atoms with Crippen LogP contribution in [0.15, 0.2) is 24.3 Å². The number of rotatable bonds is 2. The fourth-order valence-electron chi connectivity index (χ4n) is 2.15.